The fraction of sp³-hybridized carbons (Fsp3) is 0.154. The first kappa shape index (κ1) is 13.6. The van der Waals surface area contributed by atoms with Gasteiger partial charge in [0, 0.05) is 17.3 Å². The number of hydrogen-bond acceptors (Lipinski definition) is 0. The van der Waals surface area contributed by atoms with Gasteiger partial charge in [0.15, 0.2) is 0 Å². The third-order valence-corrected chi connectivity index (χ3v) is 7.13. The monoisotopic (exact) mass is 330 g/mol. The van der Waals surface area contributed by atoms with Gasteiger partial charge in [0.25, 0.3) is 0 Å². The van der Waals surface area contributed by atoms with Crippen LogP contribution in [0.2, 0.25) is 0 Å². The van der Waals surface area contributed by atoms with Gasteiger partial charge in [-0.2, -0.15) is 0 Å². The van der Waals surface area contributed by atoms with Crippen molar-refractivity contribution in [2.45, 2.75) is 12.8 Å². The molecule has 2 bridgehead atoms. The zero-order chi connectivity index (χ0) is 16.9. The van der Waals surface area contributed by atoms with E-state index >= 15 is 0 Å². The van der Waals surface area contributed by atoms with Crippen LogP contribution in [0, 0.1) is 23.2 Å². The molecule has 2 unspecified atom stereocenters. The highest BCUT2D eigenvalue weighted by Crippen LogP contribution is 2.73. The Morgan fingerprint density at radius 2 is 1.54 bits per heavy atom. The molecule has 0 saturated heterocycles. The van der Waals surface area contributed by atoms with Crippen LogP contribution in [0.3, 0.4) is 0 Å². The third-order valence-electron chi connectivity index (χ3n) is 7.13. The van der Waals surface area contributed by atoms with Crippen LogP contribution >= 0.6 is 0 Å². The molecule has 7 rings (SSSR count). The van der Waals surface area contributed by atoms with Crippen molar-refractivity contribution >= 4 is 12.2 Å². The predicted octanol–water partition coefficient (Wildman–Crippen LogP) is 5.93. The minimum absolute atomic E-state index is 0.0698. The van der Waals surface area contributed by atoms with Crippen molar-refractivity contribution in [1.82, 2.24) is 0 Å². The Morgan fingerprint density at radius 1 is 0.808 bits per heavy atom. The van der Waals surface area contributed by atoms with Crippen molar-refractivity contribution in [3.63, 3.8) is 0 Å². The first-order valence-corrected chi connectivity index (χ1v) is 9.62. The maximum absolute atomic E-state index is 2.49. The van der Waals surface area contributed by atoms with Crippen molar-refractivity contribution in [2.75, 3.05) is 0 Å². The molecule has 2 radical (unpaired) electrons. The van der Waals surface area contributed by atoms with Gasteiger partial charge in [0.2, 0.25) is 0 Å². The molecule has 26 heavy (non-hydrogen) atoms. The Bertz CT molecular complexity index is 1080. The SMILES string of the molecule is C1=CCC23C4=Cc5ccccc5[C]4CC([C]4C2=Cc2ccccc24)C3=C1. The quantitative estimate of drug-likeness (QED) is 0.561. The highest BCUT2D eigenvalue weighted by molar-refractivity contribution is 5.89. The van der Waals surface area contributed by atoms with Crippen molar-refractivity contribution in [3.05, 3.63) is 118 Å². The van der Waals surface area contributed by atoms with Crippen LogP contribution in [0.25, 0.3) is 12.2 Å². The normalized spacial score (nSPS) is 30.0. The molecular formula is C26H18. The summed E-state index contributed by atoms with van der Waals surface area (Å²) in [4.78, 5) is 0. The minimum Gasteiger partial charge on any atom is -0.0830 e. The maximum Gasteiger partial charge on any atom is 0.0396 e. The largest absolute Gasteiger partial charge is 0.0830 e. The van der Waals surface area contributed by atoms with Crippen LogP contribution in [0.4, 0.5) is 0 Å². The van der Waals surface area contributed by atoms with Crippen molar-refractivity contribution in [1.29, 1.82) is 0 Å². The van der Waals surface area contributed by atoms with Crippen LogP contribution in [0.15, 0.2) is 83.5 Å². The summed E-state index contributed by atoms with van der Waals surface area (Å²) < 4.78 is 0. The molecule has 0 aromatic heterocycles. The van der Waals surface area contributed by atoms with Gasteiger partial charge in [0.05, 0.1) is 0 Å². The van der Waals surface area contributed by atoms with E-state index < -0.39 is 0 Å². The van der Waals surface area contributed by atoms with E-state index in [1.807, 2.05) is 0 Å². The van der Waals surface area contributed by atoms with Gasteiger partial charge in [-0.05, 0) is 52.2 Å². The summed E-state index contributed by atoms with van der Waals surface area (Å²) in [5.74, 6) is 3.74. The zero-order valence-electron chi connectivity index (χ0n) is 14.5. The van der Waals surface area contributed by atoms with E-state index in [0.717, 1.165) is 12.8 Å². The summed E-state index contributed by atoms with van der Waals surface area (Å²) in [5.41, 5.74) is 10.6. The number of fused-ring (bicyclic) bond motifs is 7. The minimum atomic E-state index is 0.0698. The molecule has 5 aliphatic rings. The van der Waals surface area contributed by atoms with E-state index in [-0.39, 0.29) is 5.41 Å². The molecule has 0 spiro atoms. The number of rotatable bonds is 0. The van der Waals surface area contributed by atoms with E-state index in [1.54, 1.807) is 28.6 Å². The molecule has 2 aromatic rings. The van der Waals surface area contributed by atoms with Gasteiger partial charge in [-0.15, -0.1) is 0 Å². The van der Waals surface area contributed by atoms with Gasteiger partial charge in [-0.25, -0.2) is 0 Å². The molecular weight excluding hydrogens is 312 g/mol. The van der Waals surface area contributed by atoms with E-state index in [9.17, 15) is 0 Å². The average Bonchev–Trinajstić information content (AvgIpc) is 3.31. The Labute approximate surface area is 154 Å². The van der Waals surface area contributed by atoms with Crippen molar-refractivity contribution < 1.29 is 0 Å². The van der Waals surface area contributed by atoms with Crippen LogP contribution < -0.4 is 0 Å². The van der Waals surface area contributed by atoms with Gasteiger partial charge < -0.3 is 0 Å². The first-order chi connectivity index (χ1) is 12.9. The lowest BCUT2D eigenvalue weighted by molar-refractivity contribution is 0.474. The molecule has 2 saturated carbocycles. The van der Waals surface area contributed by atoms with Crippen LogP contribution in [0.1, 0.15) is 35.1 Å². The Balaban J connectivity index is 1.53. The summed E-state index contributed by atoms with van der Waals surface area (Å²) in [6.45, 7) is 0. The van der Waals surface area contributed by atoms with E-state index in [0.29, 0.717) is 5.92 Å². The smallest absolute Gasteiger partial charge is 0.0396 e. The molecule has 0 aliphatic heterocycles. The standard InChI is InChI=1S/C26H18/c1-3-9-18-16(7-1)13-23-20(18)15-21-22-11-5-6-12-26(22,23)24-14-17-8-2-4-10-19(17)25(21)24/h1-11,13-14,21H,12,15H2. The lowest BCUT2D eigenvalue weighted by Gasteiger charge is -2.43. The van der Waals surface area contributed by atoms with Gasteiger partial charge >= 0.3 is 0 Å². The molecule has 0 N–H and O–H groups in total. The molecule has 0 amide bonds. The molecule has 5 aliphatic carbocycles. The van der Waals surface area contributed by atoms with Gasteiger partial charge in [-0.1, -0.05) is 84.5 Å². The van der Waals surface area contributed by atoms with E-state index in [1.165, 1.54) is 22.3 Å². The summed E-state index contributed by atoms with van der Waals surface area (Å²) in [6, 6.07) is 17.9. The lowest BCUT2D eigenvalue weighted by Crippen LogP contribution is -2.32. The second-order valence-electron chi connectivity index (χ2n) is 8.10. The number of hydrogen-bond donors (Lipinski definition) is 0. The molecule has 2 atom stereocenters. The summed E-state index contributed by atoms with van der Waals surface area (Å²) in [7, 11) is 0. The zero-order valence-corrected chi connectivity index (χ0v) is 14.5. The predicted molar refractivity (Wildman–Crippen MR) is 106 cm³/mol. The Hall–Kier alpha value is -2.60. The molecule has 2 aromatic carbocycles. The summed E-state index contributed by atoms with van der Waals surface area (Å²) >= 11 is 0. The lowest BCUT2D eigenvalue weighted by atomic mass is 9.60. The van der Waals surface area contributed by atoms with Crippen molar-refractivity contribution in [2.24, 2.45) is 11.3 Å². The first-order valence-electron chi connectivity index (χ1n) is 9.62. The van der Waals surface area contributed by atoms with Gasteiger partial charge in [0.1, 0.15) is 0 Å². The topological polar surface area (TPSA) is 0 Å². The average molecular weight is 330 g/mol. The van der Waals surface area contributed by atoms with Crippen LogP contribution in [-0.4, -0.2) is 0 Å². The summed E-state index contributed by atoms with van der Waals surface area (Å²) in [6.07, 6.45) is 14.3. The maximum atomic E-state index is 2.49. The Kier molecular flexibility index (Phi) is 2.29. The second-order valence-corrected chi connectivity index (χ2v) is 8.10. The molecule has 122 valence electrons. The van der Waals surface area contributed by atoms with Crippen molar-refractivity contribution in [3.8, 4) is 0 Å². The number of benzene rings is 2. The molecule has 2 fully saturated rings. The summed E-state index contributed by atoms with van der Waals surface area (Å²) in [5, 5.41) is 0. The van der Waals surface area contributed by atoms with E-state index in [2.05, 4.69) is 78.9 Å². The second kappa shape index (κ2) is 4.38. The fourth-order valence-electron chi connectivity index (χ4n) is 6.20. The third kappa shape index (κ3) is 1.34. The molecule has 0 nitrogen and oxygen atoms in total. The van der Waals surface area contributed by atoms with Gasteiger partial charge in [-0.3, -0.25) is 0 Å². The number of allylic oxidation sites excluding steroid dienone is 6. The molecule has 0 heterocycles. The highest BCUT2D eigenvalue weighted by Gasteiger charge is 2.62. The molecule has 0 heteroatoms. The fourth-order valence-corrected chi connectivity index (χ4v) is 6.20. The highest BCUT2D eigenvalue weighted by atomic mass is 14.6. The van der Waals surface area contributed by atoms with E-state index in [4.69, 9.17) is 0 Å². The van der Waals surface area contributed by atoms with Crippen LogP contribution in [-0.2, 0) is 0 Å². The van der Waals surface area contributed by atoms with Crippen LogP contribution in [0.5, 0.6) is 0 Å². The Morgan fingerprint density at radius 3 is 2.42 bits per heavy atom.